The highest BCUT2D eigenvalue weighted by atomic mass is 16.1. The molecule has 6 heteroatoms. The van der Waals surface area contributed by atoms with Gasteiger partial charge in [-0.1, -0.05) is 13.0 Å². The molecule has 0 bridgehead atoms. The molecule has 4 rings (SSSR count). The van der Waals surface area contributed by atoms with Crippen molar-refractivity contribution in [3.8, 4) is 0 Å². The topological polar surface area (TPSA) is 71.0 Å². The van der Waals surface area contributed by atoms with Crippen LogP contribution in [0.1, 0.15) is 43.0 Å². The summed E-state index contributed by atoms with van der Waals surface area (Å²) in [7, 11) is 0. The third-order valence-corrected chi connectivity index (χ3v) is 6.01. The Kier molecular flexibility index (Phi) is 5.84. The molecule has 6 nitrogen and oxygen atoms in total. The Labute approximate surface area is 166 Å². The second-order valence-corrected chi connectivity index (χ2v) is 8.15. The van der Waals surface area contributed by atoms with E-state index in [1.54, 1.807) is 6.20 Å². The minimum Gasteiger partial charge on any atom is -0.356 e. The van der Waals surface area contributed by atoms with E-state index < -0.39 is 0 Å². The number of amides is 1. The van der Waals surface area contributed by atoms with Crippen molar-refractivity contribution in [3.63, 3.8) is 0 Å². The molecule has 1 saturated heterocycles. The van der Waals surface area contributed by atoms with E-state index in [1.807, 2.05) is 24.5 Å². The van der Waals surface area contributed by atoms with E-state index in [0.29, 0.717) is 6.54 Å². The summed E-state index contributed by atoms with van der Waals surface area (Å²) in [6.45, 7) is 5.05. The molecule has 1 atom stereocenters. The molecule has 148 valence electrons. The Morgan fingerprint density at radius 1 is 1.25 bits per heavy atom. The molecule has 1 aliphatic carbocycles. The lowest BCUT2D eigenvalue weighted by Gasteiger charge is -2.31. The van der Waals surface area contributed by atoms with Crippen LogP contribution in [0.5, 0.6) is 0 Å². The normalized spacial score (nSPS) is 19.9. The predicted octanol–water partition coefficient (Wildman–Crippen LogP) is 2.57. The molecule has 1 fully saturated rings. The molecular formula is C22H29N5O. The highest BCUT2D eigenvalue weighted by Crippen LogP contribution is 2.27. The highest BCUT2D eigenvalue weighted by molar-refractivity contribution is 5.79. The molecule has 0 aromatic carbocycles. The number of nitrogens with zero attached hydrogens (tertiary/aromatic N) is 4. The maximum absolute atomic E-state index is 12.6. The molecule has 2 aromatic heterocycles. The van der Waals surface area contributed by atoms with Crippen molar-refractivity contribution in [2.75, 3.05) is 24.5 Å². The van der Waals surface area contributed by atoms with Crippen molar-refractivity contribution in [2.45, 2.75) is 45.4 Å². The molecule has 28 heavy (non-hydrogen) atoms. The Morgan fingerprint density at radius 2 is 2.11 bits per heavy atom. The van der Waals surface area contributed by atoms with Gasteiger partial charge in [0, 0.05) is 49.8 Å². The van der Waals surface area contributed by atoms with Gasteiger partial charge in [-0.2, -0.15) is 0 Å². The number of nitrogens with one attached hydrogen (secondary N) is 1. The zero-order valence-electron chi connectivity index (χ0n) is 16.6. The molecule has 0 saturated carbocycles. The first-order valence-electron chi connectivity index (χ1n) is 10.5. The second kappa shape index (κ2) is 8.67. The summed E-state index contributed by atoms with van der Waals surface area (Å²) in [5, 5.41) is 3.08. The van der Waals surface area contributed by atoms with Crippen LogP contribution < -0.4 is 10.2 Å². The number of carbonyl (C=O) groups excluding carboxylic acids is 1. The van der Waals surface area contributed by atoms with Crippen molar-refractivity contribution in [1.82, 2.24) is 20.3 Å². The highest BCUT2D eigenvalue weighted by Gasteiger charge is 2.27. The van der Waals surface area contributed by atoms with Gasteiger partial charge in [0.2, 0.25) is 11.9 Å². The molecule has 0 radical (unpaired) electrons. The summed E-state index contributed by atoms with van der Waals surface area (Å²) in [6, 6.07) is 3.96. The van der Waals surface area contributed by atoms with Gasteiger partial charge in [-0.05, 0) is 61.6 Å². The molecule has 3 heterocycles. The van der Waals surface area contributed by atoms with Crippen LogP contribution in [0.3, 0.4) is 0 Å². The number of anilines is 1. The minimum absolute atomic E-state index is 0.0201. The SMILES string of the molecule is CC1CCN(c2ncc3c(n2)CCC(C(=O)NCCc2cccnc2)C3)CC1. The molecule has 1 amide bonds. The Balaban J connectivity index is 1.31. The van der Waals surface area contributed by atoms with Gasteiger partial charge in [0.05, 0.1) is 0 Å². The molecule has 1 unspecified atom stereocenters. The number of rotatable bonds is 5. The number of carbonyl (C=O) groups is 1. The van der Waals surface area contributed by atoms with Crippen molar-refractivity contribution in [3.05, 3.63) is 47.5 Å². The monoisotopic (exact) mass is 379 g/mol. The first kappa shape index (κ1) is 18.8. The Morgan fingerprint density at radius 3 is 2.89 bits per heavy atom. The van der Waals surface area contributed by atoms with Crippen molar-refractivity contribution in [2.24, 2.45) is 11.8 Å². The zero-order valence-corrected chi connectivity index (χ0v) is 16.6. The second-order valence-electron chi connectivity index (χ2n) is 8.15. The molecule has 2 aliphatic rings. The first-order valence-corrected chi connectivity index (χ1v) is 10.5. The van der Waals surface area contributed by atoms with Crippen LogP contribution in [0.25, 0.3) is 0 Å². The summed E-state index contributed by atoms with van der Waals surface area (Å²) in [6.07, 6.45) is 11.3. The number of piperidine rings is 1. The standard InChI is InChI=1S/C22H29N5O/c1-16-7-11-27(12-8-16)22-25-15-19-13-18(4-5-20(19)26-22)21(28)24-10-6-17-3-2-9-23-14-17/h2-3,9,14-16,18H,4-8,10-13H2,1H3,(H,24,28). The summed E-state index contributed by atoms with van der Waals surface area (Å²) in [4.78, 5) is 28.4. The van der Waals surface area contributed by atoms with E-state index >= 15 is 0 Å². The molecular weight excluding hydrogens is 350 g/mol. The lowest BCUT2D eigenvalue weighted by molar-refractivity contribution is -0.125. The third-order valence-electron chi connectivity index (χ3n) is 6.01. The number of aromatic nitrogens is 3. The molecule has 1 aliphatic heterocycles. The average molecular weight is 380 g/mol. The average Bonchev–Trinajstić information content (AvgIpc) is 2.74. The van der Waals surface area contributed by atoms with Crippen molar-refractivity contribution in [1.29, 1.82) is 0 Å². The van der Waals surface area contributed by atoms with E-state index in [4.69, 9.17) is 4.98 Å². The Hall–Kier alpha value is -2.50. The summed E-state index contributed by atoms with van der Waals surface area (Å²) in [5.41, 5.74) is 3.40. The van der Waals surface area contributed by atoms with Crippen molar-refractivity contribution < 1.29 is 4.79 Å². The number of hydrogen-bond acceptors (Lipinski definition) is 5. The summed E-state index contributed by atoms with van der Waals surface area (Å²) in [5.74, 6) is 1.83. The zero-order chi connectivity index (χ0) is 19.3. The van der Waals surface area contributed by atoms with Crippen LogP contribution in [-0.2, 0) is 24.1 Å². The Bertz CT molecular complexity index is 802. The quantitative estimate of drug-likeness (QED) is 0.865. The fraction of sp³-hybridized carbons (Fsp3) is 0.545. The lowest BCUT2D eigenvalue weighted by Crippen LogP contribution is -2.36. The fourth-order valence-corrected chi connectivity index (χ4v) is 4.10. The number of pyridine rings is 1. The minimum atomic E-state index is 0.0201. The molecule has 2 aromatic rings. The van der Waals surface area contributed by atoms with Gasteiger partial charge in [-0.15, -0.1) is 0 Å². The van der Waals surface area contributed by atoms with Crippen LogP contribution >= 0.6 is 0 Å². The fourth-order valence-electron chi connectivity index (χ4n) is 4.10. The number of hydrogen-bond donors (Lipinski definition) is 1. The number of fused-ring (bicyclic) bond motifs is 1. The van der Waals surface area contributed by atoms with Gasteiger partial charge in [-0.25, -0.2) is 9.97 Å². The van der Waals surface area contributed by atoms with Gasteiger partial charge < -0.3 is 10.2 Å². The van der Waals surface area contributed by atoms with E-state index in [1.165, 1.54) is 12.8 Å². The van der Waals surface area contributed by atoms with Crippen LogP contribution in [0.2, 0.25) is 0 Å². The lowest BCUT2D eigenvalue weighted by atomic mass is 9.86. The third kappa shape index (κ3) is 4.49. The van der Waals surface area contributed by atoms with Gasteiger partial charge >= 0.3 is 0 Å². The molecule has 0 spiro atoms. The maximum Gasteiger partial charge on any atom is 0.225 e. The smallest absolute Gasteiger partial charge is 0.225 e. The van der Waals surface area contributed by atoms with Gasteiger partial charge in [0.25, 0.3) is 0 Å². The first-order chi connectivity index (χ1) is 13.7. The van der Waals surface area contributed by atoms with E-state index in [0.717, 1.165) is 67.5 Å². The van der Waals surface area contributed by atoms with Crippen LogP contribution in [0.15, 0.2) is 30.7 Å². The predicted molar refractivity (Wildman–Crippen MR) is 109 cm³/mol. The van der Waals surface area contributed by atoms with Crippen LogP contribution in [0, 0.1) is 11.8 Å². The maximum atomic E-state index is 12.6. The van der Waals surface area contributed by atoms with Crippen molar-refractivity contribution >= 4 is 11.9 Å². The molecule has 1 N–H and O–H groups in total. The van der Waals surface area contributed by atoms with Crippen LogP contribution in [0.4, 0.5) is 5.95 Å². The van der Waals surface area contributed by atoms with E-state index in [2.05, 4.69) is 27.1 Å². The number of aryl methyl sites for hydroxylation is 1. The van der Waals surface area contributed by atoms with Crippen LogP contribution in [-0.4, -0.2) is 40.5 Å². The van der Waals surface area contributed by atoms with Gasteiger partial charge in [0.1, 0.15) is 0 Å². The van der Waals surface area contributed by atoms with E-state index in [9.17, 15) is 4.79 Å². The van der Waals surface area contributed by atoms with Gasteiger partial charge in [0.15, 0.2) is 0 Å². The van der Waals surface area contributed by atoms with E-state index in [-0.39, 0.29) is 11.8 Å². The summed E-state index contributed by atoms with van der Waals surface area (Å²) < 4.78 is 0. The largest absolute Gasteiger partial charge is 0.356 e. The van der Waals surface area contributed by atoms with Gasteiger partial charge in [-0.3, -0.25) is 9.78 Å². The summed E-state index contributed by atoms with van der Waals surface area (Å²) >= 11 is 0.